The van der Waals surface area contributed by atoms with E-state index in [-0.39, 0.29) is 36.8 Å². The van der Waals surface area contributed by atoms with Gasteiger partial charge in [-0.1, -0.05) is 19.4 Å². The van der Waals surface area contributed by atoms with E-state index in [1.807, 2.05) is 42.6 Å². The van der Waals surface area contributed by atoms with Gasteiger partial charge in [0.1, 0.15) is 0 Å². The number of nitrogens with two attached hydrogens (primary N) is 1. The quantitative estimate of drug-likeness (QED) is 0.874. The average Bonchev–Trinajstić information content (AvgIpc) is 2.82. The summed E-state index contributed by atoms with van der Waals surface area (Å²) < 4.78 is 1.86. The van der Waals surface area contributed by atoms with Crippen molar-refractivity contribution in [1.29, 1.82) is 0 Å². The summed E-state index contributed by atoms with van der Waals surface area (Å²) >= 11 is 0. The minimum atomic E-state index is -0.466. The molecule has 0 spiro atoms. The molecule has 2 aromatic rings. The molecule has 2 heterocycles. The lowest BCUT2D eigenvalue weighted by atomic mass is 10.1. The molecular weight excluding hydrogens is 313 g/mol. The number of halogens is 2. The maximum Gasteiger partial charge on any atom is 0.237 e. The smallest absolute Gasteiger partial charge is 0.237 e. The minimum absolute atomic E-state index is 0. The zero-order valence-electron chi connectivity index (χ0n) is 12.0. The Kier molecular flexibility index (Phi) is 8.24. The van der Waals surface area contributed by atoms with Gasteiger partial charge in [-0.15, -0.1) is 35.0 Å². The Hall–Kier alpha value is -1.37. The number of nitrogens with one attached hydrogen (secondary N) is 1. The van der Waals surface area contributed by atoms with Crippen molar-refractivity contribution in [2.24, 2.45) is 5.73 Å². The first-order valence-electron chi connectivity index (χ1n) is 6.49. The normalized spacial score (nSPS) is 12.9. The van der Waals surface area contributed by atoms with Gasteiger partial charge < -0.3 is 11.1 Å². The van der Waals surface area contributed by atoms with Gasteiger partial charge in [-0.2, -0.15) is 0 Å². The number of pyridine rings is 1. The predicted octanol–water partition coefficient (Wildman–Crippen LogP) is 1.88. The predicted molar refractivity (Wildman–Crippen MR) is 86.9 cm³/mol. The average molecular weight is 334 g/mol. The molecule has 118 valence electrons. The highest BCUT2D eigenvalue weighted by Gasteiger charge is 2.19. The number of nitrogens with zero attached hydrogens (tertiary/aromatic N) is 3. The number of fused-ring (bicyclic) bond motifs is 1. The Balaban J connectivity index is 0.00000200. The molecule has 0 bridgehead atoms. The van der Waals surface area contributed by atoms with E-state index in [0.717, 1.165) is 12.1 Å². The van der Waals surface area contributed by atoms with Crippen LogP contribution in [0.3, 0.4) is 0 Å². The van der Waals surface area contributed by atoms with E-state index in [9.17, 15) is 4.79 Å². The van der Waals surface area contributed by atoms with Crippen LogP contribution in [0.4, 0.5) is 0 Å². The van der Waals surface area contributed by atoms with Gasteiger partial charge in [0, 0.05) is 6.20 Å². The van der Waals surface area contributed by atoms with Crippen LogP contribution in [0.25, 0.3) is 5.65 Å². The van der Waals surface area contributed by atoms with Crippen LogP contribution in [0.5, 0.6) is 0 Å². The van der Waals surface area contributed by atoms with E-state index < -0.39 is 6.04 Å². The van der Waals surface area contributed by atoms with Gasteiger partial charge in [-0.3, -0.25) is 9.20 Å². The van der Waals surface area contributed by atoms with Crippen LogP contribution in [0.1, 0.15) is 38.6 Å². The second kappa shape index (κ2) is 8.81. The number of amides is 1. The van der Waals surface area contributed by atoms with Crippen LogP contribution >= 0.6 is 24.8 Å². The van der Waals surface area contributed by atoms with Crippen LogP contribution in [-0.2, 0) is 4.79 Å². The Morgan fingerprint density at radius 2 is 2.10 bits per heavy atom. The van der Waals surface area contributed by atoms with Crippen molar-refractivity contribution in [2.45, 2.75) is 38.8 Å². The third-order valence-electron chi connectivity index (χ3n) is 3.02. The molecule has 0 aliphatic heterocycles. The number of aromatic nitrogens is 3. The summed E-state index contributed by atoms with van der Waals surface area (Å²) in [5, 5.41) is 11.0. The highest BCUT2D eigenvalue weighted by Crippen LogP contribution is 2.11. The maximum absolute atomic E-state index is 11.9. The van der Waals surface area contributed by atoms with E-state index in [1.165, 1.54) is 0 Å². The first-order valence-corrected chi connectivity index (χ1v) is 6.49. The fourth-order valence-corrected chi connectivity index (χ4v) is 1.98. The molecule has 21 heavy (non-hydrogen) atoms. The van der Waals surface area contributed by atoms with Crippen LogP contribution in [0, 0.1) is 0 Å². The molecule has 3 N–H and O–H groups in total. The molecule has 6 nitrogen and oxygen atoms in total. The van der Waals surface area contributed by atoms with Gasteiger partial charge in [-0.05, 0) is 25.5 Å². The molecular formula is C13H21Cl2N5O. The van der Waals surface area contributed by atoms with Crippen molar-refractivity contribution in [3.8, 4) is 0 Å². The Morgan fingerprint density at radius 3 is 2.76 bits per heavy atom. The van der Waals surface area contributed by atoms with Gasteiger partial charge >= 0.3 is 0 Å². The summed E-state index contributed by atoms with van der Waals surface area (Å²) in [6.45, 7) is 3.88. The molecule has 2 unspecified atom stereocenters. The molecule has 1 amide bonds. The lowest BCUT2D eigenvalue weighted by Gasteiger charge is -2.16. The van der Waals surface area contributed by atoms with Gasteiger partial charge in [0.15, 0.2) is 11.5 Å². The fraction of sp³-hybridized carbons (Fsp3) is 0.462. The van der Waals surface area contributed by atoms with E-state index >= 15 is 0 Å². The summed E-state index contributed by atoms with van der Waals surface area (Å²) in [5.41, 5.74) is 6.55. The van der Waals surface area contributed by atoms with Crippen molar-refractivity contribution in [3.63, 3.8) is 0 Å². The first kappa shape index (κ1) is 19.6. The molecule has 2 atom stereocenters. The summed E-state index contributed by atoms with van der Waals surface area (Å²) in [5.74, 6) is 0.551. The van der Waals surface area contributed by atoms with E-state index in [0.29, 0.717) is 12.2 Å². The zero-order chi connectivity index (χ0) is 13.8. The van der Waals surface area contributed by atoms with Crippen LogP contribution in [-0.4, -0.2) is 26.5 Å². The Labute approximate surface area is 136 Å². The fourth-order valence-electron chi connectivity index (χ4n) is 1.98. The highest BCUT2D eigenvalue weighted by molar-refractivity contribution is 5.85. The summed E-state index contributed by atoms with van der Waals surface area (Å²) in [6.07, 6.45) is 3.44. The van der Waals surface area contributed by atoms with Crippen LogP contribution < -0.4 is 11.1 Å². The monoisotopic (exact) mass is 333 g/mol. The van der Waals surface area contributed by atoms with Gasteiger partial charge in [0.2, 0.25) is 5.91 Å². The Morgan fingerprint density at radius 1 is 1.38 bits per heavy atom. The molecule has 2 aromatic heterocycles. The third-order valence-corrected chi connectivity index (χ3v) is 3.02. The molecule has 0 fully saturated rings. The SMILES string of the molecule is CCCC(N)C(=O)NC(C)c1nnc2ccccn12.Cl.Cl. The summed E-state index contributed by atoms with van der Waals surface area (Å²) in [7, 11) is 0. The molecule has 2 rings (SSSR count). The number of hydrogen-bond donors (Lipinski definition) is 2. The molecule has 8 heteroatoms. The van der Waals surface area contributed by atoms with Crippen LogP contribution in [0.15, 0.2) is 24.4 Å². The third kappa shape index (κ3) is 4.56. The van der Waals surface area contributed by atoms with Gasteiger partial charge in [0.25, 0.3) is 0 Å². The summed E-state index contributed by atoms with van der Waals surface area (Å²) in [4.78, 5) is 11.9. The maximum atomic E-state index is 11.9. The number of hydrogen-bond acceptors (Lipinski definition) is 4. The second-order valence-electron chi connectivity index (χ2n) is 4.61. The molecule has 0 aliphatic rings. The van der Waals surface area contributed by atoms with E-state index in [2.05, 4.69) is 15.5 Å². The molecule has 0 aliphatic carbocycles. The van der Waals surface area contributed by atoms with Crippen molar-refractivity contribution < 1.29 is 4.79 Å². The number of rotatable bonds is 5. The number of carbonyl (C=O) groups excluding carboxylic acids is 1. The van der Waals surface area contributed by atoms with Crippen molar-refractivity contribution in [1.82, 2.24) is 19.9 Å². The second-order valence-corrected chi connectivity index (χ2v) is 4.61. The van der Waals surface area contributed by atoms with Gasteiger partial charge in [0.05, 0.1) is 12.1 Å². The first-order chi connectivity index (χ1) is 9.13. The molecule has 0 saturated carbocycles. The van der Waals surface area contributed by atoms with Gasteiger partial charge in [-0.25, -0.2) is 0 Å². The lowest BCUT2D eigenvalue weighted by molar-refractivity contribution is -0.123. The lowest BCUT2D eigenvalue weighted by Crippen LogP contribution is -2.41. The van der Waals surface area contributed by atoms with Crippen molar-refractivity contribution in [2.75, 3.05) is 0 Å². The van der Waals surface area contributed by atoms with Crippen molar-refractivity contribution >= 4 is 36.4 Å². The topological polar surface area (TPSA) is 85.3 Å². The molecule has 0 saturated heterocycles. The minimum Gasteiger partial charge on any atom is -0.345 e. The molecule has 0 aromatic carbocycles. The Bertz CT molecular complexity index is 574. The number of carbonyl (C=O) groups is 1. The van der Waals surface area contributed by atoms with E-state index in [1.54, 1.807) is 0 Å². The highest BCUT2D eigenvalue weighted by atomic mass is 35.5. The standard InChI is InChI=1S/C13H19N5O.2ClH/c1-3-6-10(14)13(19)15-9(2)12-17-16-11-7-4-5-8-18(11)12;;/h4-5,7-10H,3,6,14H2,1-2H3,(H,15,19);2*1H. The van der Waals surface area contributed by atoms with Crippen molar-refractivity contribution in [3.05, 3.63) is 30.2 Å². The largest absolute Gasteiger partial charge is 0.345 e. The molecule has 0 radical (unpaired) electrons. The van der Waals surface area contributed by atoms with Crippen LogP contribution in [0.2, 0.25) is 0 Å². The summed E-state index contributed by atoms with van der Waals surface area (Å²) in [6, 6.07) is 4.97. The zero-order valence-corrected chi connectivity index (χ0v) is 13.7. The van der Waals surface area contributed by atoms with E-state index in [4.69, 9.17) is 5.73 Å².